The van der Waals surface area contributed by atoms with Gasteiger partial charge in [-0.3, -0.25) is 9.69 Å². The number of carbonyl (C=O) groups excluding carboxylic acids is 1. The van der Waals surface area contributed by atoms with Gasteiger partial charge in [-0.05, 0) is 44.0 Å². The van der Waals surface area contributed by atoms with Crippen molar-refractivity contribution in [2.45, 2.75) is 25.8 Å². The number of likely N-dealkylation sites (tertiary alicyclic amines) is 1. The molecule has 0 aliphatic carbocycles. The molecule has 0 unspecified atom stereocenters. The van der Waals surface area contributed by atoms with E-state index in [-0.39, 0.29) is 5.41 Å². The number of rotatable bonds is 4. The summed E-state index contributed by atoms with van der Waals surface area (Å²) >= 11 is 0. The zero-order chi connectivity index (χ0) is 19.7. The highest BCUT2D eigenvalue weighted by molar-refractivity contribution is 5.97. The number of hydrogen-bond donors (Lipinski definition) is 1. The van der Waals surface area contributed by atoms with E-state index in [1.54, 1.807) is 30.5 Å². The van der Waals surface area contributed by atoms with Crippen molar-refractivity contribution in [1.29, 1.82) is 0 Å². The fourth-order valence-corrected chi connectivity index (χ4v) is 4.65. The van der Waals surface area contributed by atoms with Crippen LogP contribution in [0.2, 0.25) is 0 Å². The summed E-state index contributed by atoms with van der Waals surface area (Å²) in [6.07, 6.45) is 4.73. The Morgan fingerprint density at radius 1 is 1.14 bits per heavy atom. The van der Waals surface area contributed by atoms with Crippen molar-refractivity contribution in [2.24, 2.45) is 11.1 Å². The van der Waals surface area contributed by atoms with Crippen LogP contribution in [0.5, 0.6) is 0 Å². The summed E-state index contributed by atoms with van der Waals surface area (Å²) in [5, 5.41) is 0. The molecule has 5 nitrogen and oxygen atoms in total. The SMILES string of the molecule is NC(=O)c1cccnc1N1CC[C@]2(CCCN(Cc3cccc(F)c3F)C2)C1. The van der Waals surface area contributed by atoms with Crippen LogP contribution in [-0.2, 0) is 6.54 Å². The van der Waals surface area contributed by atoms with Crippen LogP contribution in [0.15, 0.2) is 36.5 Å². The quantitative estimate of drug-likeness (QED) is 0.878. The lowest BCUT2D eigenvalue weighted by molar-refractivity contribution is 0.0977. The van der Waals surface area contributed by atoms with Crippen LogP contribution in [0.3, 0.4) is 0 Å². The third-order valence-electron chi connectivity index (χ3n) is 5.96. The number of amides is 1. The van der Waals surface area contributed by atoms with Crippen molar-refractivity contribution in [1.82, 2.24) is 9.88 Å². The first-order valence-corrected chi connectivity index (χ1v) is 9.62. The van der Waals surface area contributed by atoms with E-state index < -0.39 is 17.5 Å². The molecule has 148 valence electrons. The van der Waals surface area contributed by atoms with Crippen LogP contribution in [0.25, 0.3) is 0 Å². The molecule has 1 atom stereocenters. The first-order valence-electron chi connectivity index (χ1n) is 9.62. The van der Waals surface area contributed by atoms with Crippen LogP contribution >= 0.6 is 0 Å². The van der Waals surface area contributed by atoms with Crippen LogP contribution in [0.1, 0.15) is 35.2 Å². The van der Waals surface area contributed by atoms with Gasteiger partial charge in [-0.25, -0.2) is 13.8 Å². The zero-order valence-corrected chi connectivity index (χ0v) is 15.7. The summed E-state index contributed by atoms with van der Waals surface area (Å²) in [5.74, 6) is -1.39. The van der Waals surface area contributed by atoms with E-state index in [4.69, 9.17) is 5.73 Å². The molecule has 7 heteroatoms. The molecule has 2 aliphatic rings. The van der Waals surface area contributed by atoms with E-state index in [1.807, 2.05) is 0 Å². The number of carbonyl (C=O) groups is 1. The minimum atomic E-state index is -0.801. The molecule has 0 bridgehead atoms. The Morgan fingerprint density at radius 3 is 2.82 bits per heavy atom. The second-order valence-electron chi connectivity index (χ2n) is 7.94. The Morgan fingerprint density at radius 2 is 2.00 bits per heavy atom. The number of aromatic nitrogens is 1. The summed E-state index contributed by atoms with van der Waals surface area (Å²) in [6.45, 7) is 3.68. The Hall–Kier alpha value is -2.54. The van der Waals surface area contributed by atoms with Crippen molar-refractivity contribution >= 4 is 11.7 Å². The molecular weight excluding hydrogens is 362 g/mol. The van der Waals surface area contributed by atoms with Crippen molar-refractivity contribution in [3.05, 3.63) is 59.3 Å². The molecular formula is C21H24F2N4O. The fourth-order valence-electron chi connectivity index (χ4n) is 4.65. The number of pyridine rings is 1. The van der Waals surface area contributed by atoms with Crippen LogP contribution < -0.4 is 10.6 Å². The van der Waals surface area contributed by atoms with Gasteiger partial charge in [0.15, 0.2) is 11.6 Å². The zero-order valence-electron chi connectivity index (χ0n) is 15.7. The highest BCUT2D eigenvalue weighted by Crippen LogP contribution is 2.41. The molecule has 4 rings (SSSR count). The summed E-state index contributed by atoms with van der Waals surface area (Å²) in [4.78, 5) is 20.5. The molecule has 1 aromatic carbocycles. The summed E-state index contributed by atoms with van der Waals surface area (Å²) in [6, 6.07) is 7.76. The van der Waals surface area contributed by atoms with Crippen molar-refractivity contribution in [3.8, 4) is 0 Å². The first kappa shape index (κ1) is 18.8. The Labute approximate surface area is 163 Å². The molecule has 1 amide bonds. The number of anilines is 1. The Kier molecular flexibility index (Phi) is 5.02. The number of primary amides is 1. The first-order chi connectivity index (χ1) is 13.5. The van der Waals surface area contributed by atoms with Gasteiger partial charge < -0.3 is 10.6 Å². The molecule has 1 aromatic heterocycles. The highest BCUT2D eigenvalue weighted by atomic mass is 19.2. The minimum Gasteiger partial charge on any atom is -0.365 e. The average molecular weight is 386 g/mol. The van der Waals surface area contributed by atoms with E-state index in [2.05, 4.69) is 14.8 Å². The normalized spacial score (nSPS) is 22.7. The number of benzene rings is 1. The molecule has 2 saturated heterocycles. The Bertz CT molecular complexity index is 890. The number of nitrogens with zero attached hydrogens (tertiary/aromatic N) is 3. The molecule has 1 spiro atoms. The van der Waals surface area contributed by atoms with E-state index in [0.29, 0.717) is 23.5 Å². The van der Waals surface area contributed by atoms with Gasteiger partial charge in [0.05, 0.1) is 5.56 Å². The van der Waals surface area contributed by atoms with E-state index in [0.717, 1.165) is 51.5 Å². The maximum absolute atomic E-state index is 14.1. The molecule has 2 N–H and O–H groups in total. The third-order valence-corrected chi connectivity index (χ3v) is 5.96. The number of piperidine rings is 1. The Balaban J connectivity index is 1.49. The molecule has 2 aliphatic heterocycles. The van der Waals surface area contributed by atoms with E-state index in [1.165, 1.54) is 0 Å². The summed E-state index contributed by atoms with van der Waals surface area (Å²) < 4.78 is 27.6. The van der Waals surface area contributed by atoms with Gasteiger partial charge >= 0.3 is 0 Å². The van der Waals surface area contributed by atoms with E-state index >= 15 is 0 Å². The predicted octanol–water partition coefficient (Wildman–Crippen LogP) is 2.95. The predicted molar refractivity (Wildman–Crippen MR) is 103 cm³/mol. The maximum atomic E-state index is 14.1. The van der Waals surface area contributed by atoms with Gasteiger partial charge in [0, 0.05) is 43.4 Å². The van der Waals surface area contributed by atoms with Gasteiger partial charge in [0.2, 0.25) is 0 Å². The van der Waals surface area contributed by atoms with Gasteiger partial charge in [-0.2, -0.15) is 0 Å². The van der Waals surface area contributed by atoms with Gasteiger partial charge in [-0.15, -0.1) is 0 Å². The van der Waals surface area contributed by atoms with E-state index in [9.17, 15) is 13.6 Å². The summed E-state index contributed by atoms with van der Waals surface area (Å²) in [7, 11) is 0. The monoisotopic (exact) mass is 386 g/mol. The summed E-state index contributed by atoms with van der Waals surface area (Å²) in [5.41, 5.74) is 6.41. The average Bonchev–Trinajstić information content (AvgIpc) is 3.08. The number of hydrogen-bond acceptors (Lipinski definition) is 4. The largest absolute Gasteiger partial charge is 0.365 e. The molecule has 3 heterocycles. The maximum Gasteiger partial charge on any atom is 0.252 e. The second kappa shape index (κ2) is 7.47. The lowest BCUT2D eigenvalue weighted by Crippen LogP contribution is -2.44. The van der Waals surface area contributed by atoms with Crippen LogP contribution in [0.4, 0.5) is 14.6 Å². The van der Waals surface area contributed by atoms with Gasteiger partial charge in [0.25, 0.3) is 5.91 Å². The lowest BCUT2D eigenvalue weighted by Gasteiger charge is -2.40. The molecule has 2 aromatic rings. The smallest absolute Gasteiger partial charge is 0.252 e. The van der Waals surface area contributed by atoms with Crippen LogP contribution in [0, 0.1) is 17.0 Å². The van der Waals surface area contributed by atoms with Crippen molar-refractivity contribution in [2.75, 3.05) is 31.1 Å². The molecule has 0 radical (unpaired) electrons. The lowest BCUT2D eigenvalue weighted by atomic mass is 9.79. The number of halogens is 2. The molecule has 28 heavy (non-hydrogen) atoms. The standard InChI is InChI=1S/C21H24F2N4O/c22-17-6-1-4-15(18(17)23)12-26-10-3-7-21(13-26)8-11-27(14-21)20-16(19(24)28)5-2-9-25-20/h1-2,4-6,9H,3,7-8,10-14H2,(H2,24,28)/t21-/m0/s1. The van der Waals surface area contributed by atoms with Crippen molar-refractivity contribution < 1.29 is 13.6 Å². The van der Waals surface area contributed by atoms with Crippen molar-refractivity contribution in [3.63, 3.8) is 0 Å². The second-order valence-corrected chi connectivity index (χ2v) is 7.94. The molecule has 2 fully saturated rings. The number of nitrogens with two attached hydrogens (primary N) is 1. The topological polar surface area (TPSA) is 62.5 Å². The van der Waals surface area contributed by atoms with Gasteiger partial charge in [0.1, 0.15) is 5.82 Å². The third kappa shape index (κ3) is 3.58. The van der Waals surface area contributed by atoms with Gasteiger partial charge in [-0.1, -0.05) is 12.1 Å². The highest BCUT2D eigenvalue weighted by Gasteiger charge is 2.42. The fraction of sp³-hybridized carbons (Fsp3) is 0.429. The minimum absolute atomic E-state index is 0.0640. The molecule has 0 saturated carbocycles. The van der Waals surface area contributed by atoms with Crippen LogP contribution in [-0.4, -0.2) is 42.0 Å².